The fourth-order valence-corrected chi connectivity index (χ4v) is 0.286. The Morgan fingerprint density at radius 3 is 1.88 bits per heavy atom. The molecule has 0 saturated heterocycles. The van der Waals surface area contributed by atoms with Crippen molar-refractivity contribution < 1.29 is 9.90 Å². The number of ketones is 1. The summed E-state index contributed by atoms with van der Waals surface area (Å²) in [7, 11) is 0. The molecule has 0 aliphatic rings. The van der Waals surface area contributed by atoms with Crippen LogP contribution >= 0.6 is 0 Å². The van der Waals surface area contributed by atoms with Crippen molar-refractivity contribution in [2.45, 2.75) is 13.8 Å². The molecule has 0 bridgehead atoms. The average Bonchev–Trinajstić information content (AvgIpc) is 1.27. The van der Waals surface area contributed by atoms with Crippen LogP contribution in [0.3, 0.4) is 0 Å². The van der Waals surface area contributed by atoms with Gasteiger partial charge >= 0.3 is 19.8 Å². The molecule has 0 aromatic heterocycles. The van der Waals surface area contributed by atoms with E-state index >= 15 is 0 Å². The molecule has 0 saturated carbocycles. The van der Waals surface area contributed by atoms with E-state index in [1.807, 2.05) is 0 Å². The molecule has 0 aromatic rings. The first-order valence-electron chi connectivity index (χ1n) is 1.99. The molecular formula is C5H7GaO2+2. The number of hydrogen-bond acceptors (Lipinski definition) is 2. The van der Waals surface area contributed by atoms with Gasteiger partial charge in [0.1, 0.15) is 0 Å². The number of hydrogen-bond donors (Lipinski definition) is 0. The van der Waals surface area contributed by atoms with Gasteiger partial charge in [-0.3, -0.25) is 4.79 Å². The molecule has 0 fully saturated rings. The number of carbonyl (C=O) groups excluding carboxylic acids is 1. The van der Waals surface area contributed by atoms with Gasteiger partial charge in [-0.15, -0.1) is 5.76 Å². The summed E-state index contributed by atoms with van der Waals surface area (Å²) >= 11 is 0. The Kier molecular flexibility index (Phi) is 6.71. The predicted molar refractivity (Wildman–Crippen MR) is 30.2 cm³/mol. The monoisotopic (exact) mass is 168 g/mol. The molecule has 0 rings (SSSR count). The summed E-state index contributed by atoms with van der Waals surface area (Å²) in [4.78, 5) is 9.98. The normalized spacial score (nSPS) is 10.0. The third-order valence-electron chi connectivity index (χ3n) is 0.407. The van der Waals surface area contributed by atoms with Crippen LogP contribution in [0.1, 0.15) is 13.8 Å². The van der Waals surface area contributed by atoms with Crippen molar-refractivity contribution >= 4 is 25.6 Å². The summed E-state index contributed by atoms with van der Waals surface area (Å²) in [6.07, 6.45) is 1.06. The molecule has 0 aliphatic heterocycles. The topological polar surface area (TPSA) is 40.1 Å². The zero-order chi connectivity index (χ0) is 5.86. The van der Waals surface area contributed by atoms with E-state index in [9.17, 15) is 9.90 Å². The molecule has 40 valence electrons. The van der Waals surface area contributed by atoms with Crippen LogP contribution in [0.4, 0.5) is 0 Å². The Morgan fingerprint density at radius 1 is 1.50 bits per heavy atom. The van der Waals surface area contributed by atoms with Crippen molar-refractivity contribution in [2.75, 3.05) is 0 Å². The summed E-state index contributed by atoms with van der Waals surface area (Å²) in [6.45, 7) is 2.70. The first-order chi connectivity index (χ1) is 3.13. The maximum atomic E-state index is 9.98. The SMILES string of the molecule is CC(=O)/C=C(/C)[O-].[Ga+3]. The zero-order valence-corrected chi connectivity index (χ0v) is 7.39. The molecule has 0 radical (unpaired) electrons. The van der Waals surface area contributed by atoms with Crippen LogP contribution in [0.15, 0.2) is 11.8 Å². The molecule has 0 heterocycles. The van der Waals surface area contributed by atoms with Gasteiger partial charge in [-0.1, -0.05) is 6.92 Å². The van der Waals surface area contributed by atoms with Crippen LogP contribution in [0.5, 0.6) is 0 Å². The van der Waals surface area contributed by atoms with Gasteiger partial charge in [0, 0.05) is 0 Å². The van der Waals surface area contributed by atoms with Crippen molar-refractivity contribution in [3.8, 4) is 0 Å². The summed E-state index contributed by atoms with van der Waals surface area (Å²) in [5, 5.41) is 9.98. The molecule has 0 unspecified atom stereocenters. The van der Waals surface area contributed by atoms with Gasteiger partial charge in [-0.25, -0.2) is 0 Å². The van der Waals surface area contributed by atoms with Crippen molar-refractivity contribution in [1.82, 2.24) is 0 Å². The number of rotatable bonds is 1. The number of carbonyl (C=O) groups is 1. The van der Waals surface area contributed by atoms with Gasteiger partial charge in [-0.05, 0) is 13.0 Å². The molecule has 0 aliphatic carbocycles. The van der Waals surface area contributed by atoms with Gasteiger partial charge in [0.05, 0.1) is 0 Å². The van der Waals surface area contributed by atoms with Crippen molar-refractivity contribution in [1.29, 1.82) is 0 Å². The second-order valence-corrected chi connectivity index (χ2v) is 1.37. The van der Waals surface area contributed by atoms with E-state index in [-0.39, 0.29) is 31.3 Å². The predicted octanol–water partition coefficient (Wildman–Crippen LogP) is -0.541. The third kappa shape index (κ3) is 9.28. The van der Waals surface area contributed by atoms with Gasteiger partial charge < -0.3 is 5.11 Å². The largest absolute Gasteiger partial charge is 3.00 e. The van der Waals surface area contributed by atoms with Crippen LogP contribution in [0, 0.1) is 0 Å². The average molecular weight is 169 g/mol. The van der Waals surface area contributed by atoms with E-state index in [1.54, 1.807) is 0 Å². The standard InChI is InChI=1S/C5H8O2.Ga/c1-4(6)3-5(2)7;/h3,6H,1-2H3;/q;+3/p-1/b4-3-;. The quantitative estimate of drug-likeness (QED) is 0.300. The van der Waals surface area contributed by atoms with Crippen LogP contribution < -0.4 is 5.11 Å². The Morgan fingerprint density at radius 2 is 1.88 bits per heavy atom. The van der Waals surface area contributed by atoms with Crippen molar-refractivity contribution in [3.63, 3.8) is 0 Å². The summed E-state index contributed by atoms with van der Waals surface area (Å²) < 4.78 is 0. The molecule has 8 heavy (non-hydrogen) atoms. The van der Waals surface area contributed by atoms with E-state index in [1.165, 1.54) is 13.8 Å². The maximum Gasteiger partial charge on any atom is 3.00 e. The summed E-state index contributed by atoms with van der Waals surface area (Å²) in [6, 6.07) is 0. The second kappa shape index (κ2) is 4.99. The molecule has 0 spiro atoms. The third-order valence-corrected chi connectivity index (χ3v) is 0.407. The Hall–Kier alpha value is -0.154. The Balaban J connectivity index is 0. The van der Waals surface area contributed by atoms with E-state index in [2.05, 4.69) is 0 Å². The fourth-order valence-electron chi connectivity index (χ4n) is 0.286. The minimum atomic E-state index is -0.187. The van der Waals surface area contributed by atoms with Crippen LogP contribution in [0.2, 0.25) is 0 Å². The van der Waals surface area contributed by atoms with Crippen LogP contribution in [-0.2, 0) is 4.79 Å². The smallest absolute Gasteiger partial charge is 0.876 e. The van der Waals surface area contributed by atoms with Gasteiger partial charge in [-0.2, -0.15) is 0 Å². The molecule has 0 atom stereocenters. The first kappa shape index (κ1) is 10.8. The number of allylic oxidation sites excluding steroid dienone is 2. The minimum Gasteiger partial charge on any atom is -0.876 e. The zero-order valence-electron chi connectivity index (χ0n) is 4.97. The molecule has 0 aromatic carbocycles. The van der Waals surface area contributed by atoms with Gasteiger partial charge in [0.15, 0.2) is 5.78 Å². The van der Waals surface area contributed by atoms with Crippen LogP contribution in [0.25, 0.3) is 0 Å². The second-order valence-electron chi connectivity index (χ2n) is 1.37. The molecule has 2 nitrogen and oxygen atoms in total. The summed E-state index contributed by atoms with van der Waals surface area (Å²) in [5.41, 5.74) is 0. The van der Waals surface area contributed by atoms with E-state index < -0.39 is 0 Å². The van der Waals surface area contributed by atoms with E-state index in [4.69, 9.17) is 0 Å². The van der Waals surface area contributed by atoms with Crippen molar-refractivity contribution in [3.05, 3.63) is 11.8 Å². The molecule has 0 amide bonds. The summed E-state index contributed by atoms with van der Waals surface area (Å²) in [5.74, 6) is -0.375. The Bertz CT molecular complexity index is 103. The van der Waals surface area contributed by atoms with Crippen LogP contribution in [-0.4, -0.2) is 25.6 Å². The van der Waals surface area contributed by atoms with Gasteiger partial charge in [0.2, 0.25) is 0 Å². The first-order valence-corrected chi connectivity index (χ1v) is 1.99. The van der Waals surface area contributed by atoms with Crippen molar-refractivity contribution in [2.24, 2.45) is 0 Å². The minimum absolute atomic E-state index is 0. The molecule has 0 N–H and O–H groups in total. The fraction of sp³-hybridized carbons (Fsp3) is 0.400. The maximum absolute atomic E-state index is 9.98. The van der Waals surface area contributed by atoms with E-state index in [0.717, 1.165) is 6.08 Å². The van der Waals surface area contributed by atoms with Gasteiger partial charge in [0.25, 0.3) is 0 Å². The van der Waals surface area contributed by atoms with E-state index in [0.29, 0.717) is 0 Å². The molecule has 3 heteroatoms. The molecular weight excluding hydrogens is 162 g/mol. The Labute approximate surface area is 61.6 Å².